The molecule has 1 aliphatic rings. The van der Waals surface area contributed by atoms with Crippen LogP contribution >= 0.6 is 0 Å². The lowest BCUT2D eigenvalue weighted by Gasteiger charge is -2.22. The summed E-state index contributed by atoms with van der Waals surface area (Å²) in [6.45, 7) is 6.71. The Hall–Kier alpha value is -2.75. The summed E-state index contributed by atoms with van der Waals surface area (Å²) in [6, 6.07) is 11.3. The van der Waals surface area contributed by atoms with E-state index in [1.165, 1.54) is 0 Å². The van der Waals surface area contributed by atoms with Crippen LogP contribution in [0.15, 0.2) is 43.0 Å². The Kier molecular flexibility index (Phi) is 4.56. The fourth-order valence-corrected chi connectivity index (χ4v) is 2.72. The highest BCUT2D eigenvalue weighted by Crippen LogP contribution is 2.39. The molecule has 0 bridgehead atoms. The first kappa shape index (κ1) is 16.1. The summed E-state index contributed by atoms with van der Waals surface area (Å²) >= 11 is 0. The summed E-state index contributed by atoms with van der Waals surface area (Å²) in [4.78, 5) is 12.0. The molecule has 4 heteroatoms. The van der Waals surface area contributed by atoms with E-state index < -0.39 is 0 Å². The quantitative estimate of drug-likeness (QED) is 0.824. The second-order valence-corrected chi connectivity index (χ2v) is 5.75. The smallest absolute Gasteiger partial charge is 0.170 e. The first-order valence-electron chi connectivity index (χ1n) is 7.84. The number of ether oxygens (including phenoxy) is 3. The number of carbonyl (C=O) groups excluding carboxylic acids is 1. The molecule has 0 fully saturated rings. The number of methoxy groups -OCH3 is 1. The van der Waals surface area contributed by atoms with Crippen molar-refractivity contribution < 1.29 is 19.0 Å². The van der Waals surface area contributed by atoms with E-state index in [0.29, 0.717) is 36.7 Å². The van der Waals surface area contributed by atoms with E-state index in [1.54, 1.807) is 13.2 Å². The van der Waals surface area contributed by atoms with Crippen molar-refractivity contribution >= 4 is 11.4 Å². The van der Waals surface area contributed by atoms with Crippen molar-refractivity contribution in [1.82, 2.24) is 0 Å². The van der Waals surface area contributed by atoms with Gasteiger partial charge in [0.25, 0.3) is 0 Å². The molecule has 24 heavy (non-hydrogen) atoms. The van der Waals surface area contributed by atoms with Crippen LogP contribution in [-0.2, 0) is 6.61 Å². The zero-order valence-corrected chi connectivity index (χ0v) is 13.9. The van der Waals surface area contributed by atoms with E-state index in [1.807, 2.05) is 37.3 Å². The molecule has 0 saturated heterocycles. The van der Waals surface area contributed by atoms with E-state index in [9.17, 15) is 4.79 Å². The highest BCUT2D eigenvalue weighted by atomic mass is 16.5. The molecule has 0 aliphatic carbocycles. The number of fused-ring (bicyclic) bond motifs is 1. The van der Waals surface area contributed by atoms with Crippen molar-refractivity contribution in [1.29, 1.82) is 0 Å². The summed E-state index contributed by atoms with van der Waals surface area (Å²) in [5.41, 5.74) is 3.22. The Morgan fingerprint density at radius 1 is 1.21 bits per heavy atom. The SMILES string of the molecule is C=C(C)c1c(OCc2ccc(OC)cc2)ccc2c1OCCC2=O. The second kappa shape index (κ2) is 6.79. The summed E-state index contributed by atoms with van der Waals surface area (Å²) in [5, 5.41) is 0. The van der Waals surface area contributed by atoms with Gasteiger partial charge in [-0.15, -0.1) is 0 Å². The maximum atomic E-state index is 12.0. The predicted octanol–water partition coefficient (Wildman–Crippen LogP) is 4.27. The van der Waals surface area contributed by atoms with Gasteiger partial charge in [0.2, 0.25) is 0 Å². The summed E-state index contributed by atoms with van der Waals surface area (Å²) < 4.78 is 16.9. The molecule has 2 aromatic carbocycles. The van der Waals surface area contributed by atoms with Gasteiger partial charge in [0.1, 0.15) is 23.9 Å². The number of carbonyl (C=O) groups is 1. The number of hydrogen-bond acceptors (Lipinski definition) is 4. The van der Waals surface area contributed by atoms with Gasteiger partial charge < -0.3 is 14.2 Å². The van der Waals surface area contributed by atoms with Gasteiger partial charge in [-0.1, -0.05) is 18.7 Å². The molecule has 0 spiro atoms. The van der Waals surface area contributed by atoms with Crippen molar-refractivity contribution in [2.24, 2.45) is 0 Å². The van der Waals surface area contributed by atoms with Crippen LogP contribution in [0.2, 0.25) is 0 Å². The molecule has 1 heterocycles. The third kappa shape index (κ3) is 3.13. The van der Waals surface area contributed by atoms with Gasteiger partial charge >= 0.3 is 0 Å². The normalized spacial score (nSPS) is 13.0. The number of ketones is 1. The monoisotopic (exact) mass is 324 g/mol. The topological polar surface area (TPSA) is 44.8 Å². The molecule has 0 radical (unpaired) electrons. The average Bonchev–Trinajstić information content (AvgIpc) is 2.60. The first-order chi connectivity index (χ1) is 11.6. The minimum Gasteiger partial charge on any atom is -0.497 e. The van der Waals surface area contributed by atoms with E-state index >= 15 is 0 Å². The minimum absolute atomic E-state index is 0.0976. The average molecular weight is 324 g/mol. The zero-order chi connectivity index (χ0) is 17.1. The van der Waals surface area contributed by atoms with Gasteiger partial charge in [-0.3, -0.25) is 4.79 Å². The van der Waals surface area contributed by atoms with Gasteiger partial charge in [0.15, 0.2) is 5.78 Å². The van der Waals surface area contributed by atoms with Crippen LogP contribution in [0.25, 0.3) is 5.57 Å². The van der Waals surface area contributed by atoms with Crippen molar-refractivity contribution in [2.75, 3.05) is 13.7 Å². The second-order valence-electron chi connectivity index (χ2n) is 5.75. The lowest BCUT2D eigenvalue weighted by atomic mass is 9.97. The molecule has 3 rings (SSSR count). The molecule has 124 valence electrons. The van der Waals surface area contributed by atoms with Crippen LogP contribution in [0.1, 0.15) is 34.8 Å². The van der Waals surface area contributed by atoms with Gasteiger partial charge in [0.05, 0.1) is 24.8 Å². The van der Waals surface area contributed by atoms with Gasteiger partial charge in [-0.2, -0.15) is 0 Å². The number of allylic oxidation sites excluding steroid dienone is 1. The summed E-state index contributed by atoms with van der Waals surface area (Å²) in [7, 11) is 1.64. The largest absolute Gasteiger partial charge is 0.497 e. The lowest BCUT2D eigenvalue weighted by Crippen LogP contribution is -2.17. The van der Waals surface area contributed by atoms with E-state index in [4.69, 9.17) is 14.2 Å². The molecule has 4 nitrogen and oxygen atoms in total. The van der Waals surface area contributed by atoms with Gasteiger partial charge in [-0.25, -0.2) is 0 Å². The molecule has 0 N–H and O–H groups in total. The highest BCUT2D eigenvalue weighted by Gasteiger charge is 2.24. The van der Waals surface area contributed by atoms with E-state index in [0.717, 1.165) is 22.4 Å². The van der Waals surface area contributed by atoms with Crippen molar-refractivity contribution in [3.8, 4) is 17.2 Å². The van der Waals surface area contributed by atoms with Crippen LogP contribution in [-0.4, -0.2) is 19.5 Å². The maximum absolute atomic E-state index is 12.0. The van der Waals surface area contributed by atoms with Crippen LogP contribution in [0.5, 0.6) is 17.2 Å². The highest BCUT2D eigenvalue weighted by molar-refractivity contribution is 6.01. The Labute approximate surface area is 141 Å². The Bertz CT molecular complexity index is 775. The fraction of sp³-hybridized carbons (Fsp3) is 0.250. The first-order valence-corrected chi connectivity index (χ1v) is 7.84. The number of hydrogen-bond donors (Lipinski definition) is 0. The van der Waals surface area contributed by atoms with Crippen LogP contribution < -0.4 is 14.2 Å². The molecule has 0 atom stereocenters. The van der Waals surface area contributed by atoms with Crippen LogP contribution in [0.3, 0.4) is 0 Å². The molecular weight excluding hydrogens is 304 g/mol. The van der Waals surface area contributed by atoms with Crippen molar-refractivity contribution in [2.45, 2.75) is 20.0 Å². The van der Waals surface area contributed by atoms with Crippen LogP contribution in [0, 0.1) is 0 Å². The molecule has 0 unspecified atom stereocenters. The molecule has 0 aromatic heterocycles. The number of benzene rings is 2. The maximum Gasteiger partial charge on any atom is 0.170 e. The number of rotatable bonds is 5. The summed E-state index contributed by atoms with van der Waals surface area (Å²) in [5.74, 6) is 2.17. The molecule has 1 aliphatic heterocycles. The number of Topliss-reactive ketones (excluding diaryl/α,β-unsaturated/α-hetero) is 1. The third-order valence-electron chi connectivity index (χ3n) is 3.98. The Balaban J connectivity index is 1.87. The van der Waals surface area contributed by atoms with Crippen molar-refractivity contribution in [3.63, 3.8) is 0 Å². The standard InChI is InChI=1S/C20H20O4/c1-13(2)19-18(9-8-16-17(21)10-11-23-20(16)19)24-12-14-4-6-15(22-3)7-5-14/h4-9H,1,10-12H2,2-3H3. The van der Waals surface area contributed by atoms with Crippen LogP contribution in [0.4, 0.5) is 0 Å². The fourth-order valence-electron chi connectivity index (χ4n) is 2.72. The predicted molar refractivity (Wildman–Crippen MR) is 92.9 cm³/mol. The van der Waals surface area contributed by atoms with E-state index in [2.05, 4.69) is 6.58 Å². The molecule has 0 saturated carbocycles. The minimum atomic E-state index is 0.0976. The summed E-state index contributed by atoms with van der Waals surface area (Å²) in [6.07, 6.45) is 0.411. The third-order valence-corrected chi connectivity index (χ3v) is 3.98. The Morgan fingerprint density at radius 2 is 1.96 bits per heavy atom. The lowest BCUT2D eigenvalue weighted by molar-refractivity contribution is 0.0933. The molecule has 2 aromatic rings. The Morgan fingerprint density at radius 3 is 2.62 bits per heavy atom. The zero-order valence-electron chi connectivity index (χ0n) is 13.9. The van der Waals surface area contributed by atoms with Crippen molar-refractivity contribution in [3.05, 3.63) is 59.7 Å². The van der Waals surface area contributed by atoms with Gasteiger partial charge in [0, 0.05) is 6.42 Å². The molecule has 0 amide bonds. The molecular formula is C20H20O4. The van der Waals surface area contributed by atoms with E-state index in [-0.39, 0.29) is 5.78 Å². The van der Waals surface area contributed by atoms with Gasteiger partial charge in [-0.05, 0) is 42.3 Å².